The predicted molar refractivity (Wildman–Crippen MR) is 74.5 cm³/mol. The average Bonchev–Trinajstić information content (AvgIpc) is 2.30. The van der Waals surface area contributed by atoms with Crippen LogP contribution in [0.4, 0.5) is 5.69 Å². The highest BCUT2D eigenvalue weighted by atomic mass is 79.9. The van der Waals surface area contributed by atoms with Gasteiger partial charge in [-0.05, 0) is 47.5 Å². The number of benzene rings is 1. The molecular weight excluding hydrogens is 296 g/mol. The van der Waals surface area contributed by atoms with E-state index in [1.165, 1.54) is 6.20 Å². The van der Waals surface area contributed by atoms with Crippen molar-refractivity contribution in [1.29, 1.82) is 0 Å². The highest BCUT2D eigenvalue weighted by Crippen LogP contribution is 2.30. The van der Waals surface area contributed by atoms with Crippen LogP contribution in [0.1, 0.15) is 22.8 Å². The number of rotatable bonds is 2. The molecule has 0 aliphatic carbocycles. The molecule has 18 heavy (non-hydrogen) atoms. The summed E-state index contributed by atoms with van der Waals surface area (Å²) in [5.41, 5.74) is 8.53. The second-order valence-corrected chi connectivity index (χ2v) is 4.80. The fraction of sp³-hybridized carbons (Fsp3) is 0.231. The molecule has 0 bridgehead atoms. The smallest absolute Gasteiger partial charge is 0.341 e. The number of nitrogen functional groups attached to an aromatic ring is 1. The topological polar surface area (TPSA) is 65.2 Å². The van der Waals surface area contributed by atoms with E-state index < -0.39 is 5.97 Å². The molecule has 0 spiro atoms. The van der Waals surface area contributed by atoms with Crippen molar-refractivity contribution in [2.45, 2.75) is 13.8 Å². The summed E-state index contributed by atoms with van der Waals surface area (Å²) < 4.78 is 5.81. The van der Waals surface area contributed by atoms with Crippen molar-refractivity contribution in [3.05, 3.63) is 33.9 Å². The van der Waals surface area contributed by atoms with Gasteiger partial charge in [-0.3, -0.25) is 4.98 Å². The maximum atomic E-state index is 11.7. The number of carbonyl (C=O) groups excluding carboxylic acids is 1. The van der Waals surface area contributed by atoms with Crippen LogP contribution in [0, 0.1) is 6.92 Å². The second kappa shape index (κ2) is 4.94. The van der Waals surface area contributed by atoms with Gasteiger partial charge in [0.15, 0.2) is 0 Å². The lowest BCUT2D eigenvalue weighted by atomic mass is 10.1. The van der Waals surface area contributed by atoms with Crippen LogP contribution in [0.3, 0.4) is 0 Å². The Balaban J connectivity index is 2.67. The van der Waals surface area contributed by atoms with Gasteiger partial charge in [-0.25, -0.2) is 4.79 Å². The molecular formula is C13H13BrN2O2. The Bertz CT molecular complexity index is 626. The molecule has 1 heterocycles. The van der Waals surface area contributed by atoms with Gasteiger partial charge in [0.05, 0.1) is 17.8 Å². The molecule has 2 N–H and O–H groups in total. The summed E-state index contributed by atoms with van der Waals surface area (Å²) in [7, 11) is 0. The van der Waals surface area contributed by atoms with Gasteiger partial charge < -0.3 is 10.5 Å². The van der Waals surface area contributed by atoms with Crippen molar-refractivity contribution in [3.8, 4) is 0 Å². The van der Waals surface area contributed by atoms with Crippen molar-refractivity contribution in [2.75, 3.05) is 12.3 Å². The van der Waals surface area contributed by atoms with Crippen LogP contribution >= 0.6 is 15.9 Å². The first-order valence-electron chi connectivity index (χ1n) is 5.56. The van der Waals surface area contributed by atoms with E-state index in [1.807, 2.05) is 19.1 Å². The Morgan fingerprint density at radius 2 is 2.22 bits per heavy atom. The Morgan fingerprint density at radius 3 is 2.89 bits per heavy atom. The van der Waals surface area contributed by atoms with Gasteiger partial charge in [0.2, 0.25) is 0 Å². The van der Waals surface area contributed by atoms with Gasteiger partial charge in [0, 0.05) is 16.1 Å². The average molecular weight is 309 g/mol. The summed E-state index contributed by atoms with van der Waals surface area (Å²) in [6, 6.07) is 3.87. The number of hydrogen-bond acceptors (Lipinski definition) is 4. The number of fused-ring (bicyclic) bond motifs is 1. The summed E-state index contributed by atoms with van der Waals surface area (Å²) in [5, 5.41) is 0.757. The summed E-state index contributed by atoms with van der Waals surface area (Å²) in [5.74, 6) is -0.443. The summed E-state index contributed by atoms with van der Waals surface area (Å²) >= 11 is 3.44. The highest BCUT2D eigenvalue weighted by molar-refractivity contribution is 9.10. The third-order valence-corrected chi connectivity index (χ3v) is 3.21. The van der Waals surface area contributed by atoms with E-state index in [1.54, 1.807) is 6.92 Å². The first kappa shape index (κ1) is 12.8. The van der Waals surface area contributed by atoms with E-state index in [0.717, 1.165) is 20.9 Å². The van der Waals surface area contributed by atoms with Crippen LogP contribution in [0.15, 0.2) is 22.8 Å². The number of nitrogens with zero attached hydrogens (tertiary/aromatic N) is 1. The Kier molecular flexibility index (Phi) is 3.52. The Morgan fingerprint density at radius 1 is 1.50 bits per heavy atom. The van der Waals surface area contributed by atoms with Crippen molar-refractivity contribution in [3.63, 3.8) is 0 Å². The zero-order valence-corrected chi connectivity index (χ0v) is 11.7. The number of anilines is 1. The van der Waals surface area contributed by atoms with Crippen LogP contribution in [0.5, 0.6) is 0 Å². The minimum atomic E-state index is -0.443. The standard InChI is InChI=1S/C13H13BrN2O2/c1-3-18-13(17)9-6-16-12-8(11(9)15)4-7(2)5-10(12)14/h4-6H,3H2,1-2H3,(H2,15,16). The molecule has 2 aromatic rings. The molecule has 0 amide bonds. The molecule has 0 radical (unpaired) electrons. The molecule has 0 aliphatic heterocycles. The number of aryl methyl sites for hydroxylation is 1. The maximum absolute atomic E-state index is 11.7. The molecule has 4 nitrogen and oxygen atoms in total. The van der Waals surface area contributed by atoms with Crippen LogP contribution in [-0.4, -0.2) is 17.6 Å². The third kappa shape index (κ3) is 2.18. The van der Waals surface area contributed by atoms with E-state index in [-0.39, 0.29) is 0 Å². The van der Waals surface area contributed by atoms with Gasteiger partial charge >= 0.3 is 5.97 Å². The molecule has 0 unspecified atom stereocenters. The van der Waals surface area contributed by atoms with Crippen molar-refractivity contribution >= 4 is 38.5 Å². The fourth-order valence-electron chi connectivity index (χ4n) is 1.79. The number of esters is 1. The van der Waals surface area contributed by atoms with Gasteiger partial charge in [-0.1, -0.05) is 0 Å². The minimum absolute atomic E-state index is 0.307. The zero-order chi connectivity index (χ0) is 13.3. The number of halogens is 1. The van der Waals surface area contributed by atoms with Crippen LogP contribution in [0.2, 0.25) is 0 Å². The Hall–Kier alpha value is -1.62. The molecule has 5 heteroatoms. The lowest BCUT2D eigenvalue weighted by molar-refractivity contribution is 0.0527. The first-order chi connectivity index (χ1) is 8.54. The number of aromatic nitrogens is 1. The molecule has 0 saturated heterocycles. The van der Waals surface area contributed by atoms with Gasteiger partial charge in [-0.15, -0.1) is 0 Å². The number of carbonyl (C=O) groups is 1. The first-order valence-corrected chi connectivity index (χ1v) is 6.35. The summed E-state index contributed by atoms with van der Waals surface area (Å²) in [4.78, 5) is 16.0. The van der Waals surface area contributed by atoms with Gasteiger partial charge in [0.25, 0.3) is 0 Å². The normalized spacial score (nSPS) is 10.6. The molecule has 0 aliphatic rings. The van der Waals surface area contributed by atoms with Crippen LogP contribution in [-0.2, 0) is 4.74 Å². The van der Waals surface area contributed by atoms with E-state index in [4.69, 9.17) is 10.5 Å². The number of ether oxygens (including phenoxy) is 1. The number of hydrogen-bond donors (Lipinski definition) is 1. The Labute approximate surface area is 113 Å². The lowest BCUT2D eigenvalue weighted by Crippen LogP contribution is -2.09. The molecule has 0 atom stereocenters. The number of nitrogens with two attached hydrogens (primary N) is 1. The van der Waals surface area contributed by atoms with E-state index in [0.29, 0.717) is 17.9 Å². The van der Waals surface area contributed by atoms with Crippen molar-refractivity contribution < 1.29 is 9.53 Å². The predicted octanol–water partition coefficient (Wildman–Crippen LogP) is 3.06. The van der Waals surface area contributed by atoms with Crippen LogP contribution < -0.4 is 5.73 Å². The van der Waals surface area contributed by atoms with Crippen molar-refractivity contribution in [1.82, 2.24) is 4.98 Å². The van der Waals surface area contributed by atoms with Crippen molar-refractivity contribution in [2.24, 2.45) is 0 Å². The van der Waals surface area contributed by atoms with Crippen LogP contribution in [0.25, 0.3) is 10.9 Å². The number of pyridine rings is 1. The molecule has 94 valence electrons. The molecule has 2 rings (SSSR count). The monoisotopic (exact) mass is 308 g/mol. The van der Waals surface area contributed by atoms with Gasteiger partial charge in [0.1, 0.15) is 5.56 Å². The minimum Gasteiger partial charge on any atom is -0.462 e. The van der Waals surface area contributed by atoms with E-state index in [9.17, 15) is 4.79 Å². The quantitative estimate of drug-likeness (QED) is 0.866. The largest absolute Gasteiger partial charge is 0.462 e. The zero-order valence-electron chi connectivity index (χ0n) is 10.2. The molecule has 0 fully saturated rings. The summed E-state index contributed by atoms with van der Waals surface area (Å²) in [6.07, 6.45) is 1.45. The molecule has 1 aromatic heterocycles. The maximum Gasteiger partial charge on any atom is 0.341 e. The third-order valence-electron chi connectivity index (χ3n) is 2.61. The van der Waals surface area contributed by atoms with E-state index >= 15 is 0 Å². The second-order valence-electron chi connectivity index (χ2n) is 3.95. The summed E-state index contributed by atoms with van der Waals surface area (Å²) in [6.45, 7) is 4.03. The molecule has 1 aromatic carbocycles. The van der Waals surface area contributed by atoms with E-state index in [2.05, 4.69) is 20.9 Å². The van der Waals surface area contributed by atoms with Gasteiger partial charge in [-0.2, -0.15) is 0 Å². The SMILES string of the molecule is CCOC(=O)c1cnc2c(Br)cc(C)cc2c1N. The lowest BCUT2D eigenvalue weighted by Gasteiger charge is -2.09. The molecule has 0 saturated carbocycles. The fourth-order valence-corrected chi connectivity index (χ4v) is 2.46. The highest BCUT2D eigenvalue weighted by Gasteiger charge is 2.15.